The van der Waals surface area contributed by atoms with E-state index in [0.717, 1.165) is 19.4 Å². The zero-order chi connectivity index (χ0) is 10.6. The van der Waals surface area contributed by atoms with E-state index in [2.05, 4.69) is 5.32 Å². The summed E-state index contributed by atoms with van der Waals surface area (Å²) in [4.78, 5) is 22.2. The molecular weight excluding hydrogens is 184 g/mol. The van der Waals surface area contributed by atoms with Crippen LogP contribution in [0.2, 0.25) is 0 Å². The number of ether oxygens (including phenoxy) is 1. The quantitative estimate of drug-likeness (QED) is 0.638. The summed E-state index contributed by atoms with van der Waals surface area (Å²) in [5.41, 5.74) is 5.03. The summed E-state index contributed by atoms with van der Waals surface area (Å²) >= 11 is 0. The molecule has 0 radical (unpaired) electrons. The summed E-state index contributed by atoms with van der Waals surface area (Å²) in [7, 11) is 0. The average molecular weight is 200 g/mol. The number of carbonyl (C=O) groups is 2. The number of hydrogen-bond donors (Lipinski definition) is 2. The van der Waals surface area contributed by atoms with Gasteiger partial charge in [-0.05, 0) is 19.8 Å². The number of amides is 2. The second kappa shape index (κ2) is 4.95. The van der Waals surface area contributed by atoms with E-state index in [-0.39, 0.29) is 11.8 Å². The van der Waals surface area contributed by atoms with Crippen LogP contribution >= 0.6 is 0 Å². The molecule has 0 saturated carbocycles. The number of nitrogens with two attached hydrogens (primary N) is 1. The molecule has 0 aliphatic carbocycles. The fourth-order valence-corrected chi connectivity index (χ4v) is 1.35. The predicted octanol–water partition coefficient (Wildman–Crippen LogP) is -0.597. The molecule has 5 heteroatoms. The van der Waals surface area contributed by atoms with Crippen molar-refractivity contribution in [2.24, 2.45) is 11.7 Å². The van der Waals surface area contributed by atoms with Crippen molar-refractivity contribution < 1.29 is 14.3 Å². The fourth-order valence-electron chi connectivity index (χ4n) is 1.35. The van der Waals surface area contributed by atoms with Crippen molar-refractivity contribution in [3.63, 3.8) is 0 Å². The Balaban J connectivity index is 2.36. The molecule has 80 valence electrons. The summed E-state index contributed by atoms with van der Waals surface area (Å²) < 4.78 is 5.17. The first-order valence-electron chi connectivity index (χ1n) is 4.78. The lowest BCUT2D eigenvalue weighted by atomic mass is 10.0. The highest BCUT2D eigenvalue weighted by Gasteiger charge is 2.23. The largest absolute Gasteiger partial charge is 0.381 e. The van der Waals surface area contributed by atoms with Crippen LogP contribution < -0.4 is 11.1 Å². The van der Waals surface area contributed by atoms with Crippen molar-refractivity contribution in [2.75, 3.05) is 13.2 Å². The van der Waals surface area contributed by atoms with Gasteiger partial charge < -0.3 is 15.8 Å². The highest BCUT2D eigenvalue weighted by atomic mass is 16.5. The van der Waals surface area contributed by atoms with Crippen molar-refractivity contribution >= 4 is 11.8 Å². The second-order valence-electron chi connectivity index (χ2n) is 3.55. The van der Waals surface area contributed by atoms with Gasteiger partial charge in [-0.2, -0.15) is 0 Å². The fraction of sp³-hybridized carbons (Fsp3) is 0.778. The summed E-state index contributed by atoms with van der Waals surface area (Å²) in [5, 5.41) is 2.56. The molecule has 3 N–H and O–H groups in total. The van der Waals surface area contributed by atoms with Crippen molar-refractivity contribution in [3.8, 4) is 0 Å². The maximum atomic E-state index is 11.5. The Bertz CT molecular complexity index is 224. The third kappa shape index (κ3) is 2.99. The van der Waals surface area contributed by atoms with E-state index in [0.29, 0.717) is 6.61 Å². The van der Waals surface area contributed by atoms with Crippen LogP contribution in [-0.4, -0.2) is 31.1 Å². The predicted molar refractivity (Wildman–Crippen MR) is 50.3 cm³/mol. The van der Waals surface area contributed by atoms with E-state index >= 15 is 0 Å². The Labute approximate surface area is 83.0 Å². The molecule has 1 heterocycles. The Hall–Kier alpha value is -1.10. The van der Waals surface area contributed by atoms with E-state index in [1.807, 2.05) is 0 Å². The SMILES string of the molecule is C[C@@H](NC(=O)C1CCCOC1)C(N)=O. The van der Waals surface area contributed by atoms with Crippen LogP contribution in [0.25, 0.3) is 0 Å². The highest BCUT2D eigenvalue weighted by Crippen LogP contribution is 2.13. The minimum absolute atomic E-state index is 0.134. The maximum absolute atomic E-state index is 11.5. The van der Waals surface area contributed by atoms with Crippen molar-refractivity contribution in [1.82, 2.24) is 5.32 Å². The lowest BCUT2D eigenvalue weighted by Gasteiger charge is -2.22. The van der Waals surface area contributed by atoms with Crippen LogP contribution in [0.3, 0.4) is 0 Å². The molecule has 1 aliphatic heterocycles. The van der Waals surface area contributed by atoms with Gasteiger partial charge in [-0.15, -0.1) is 0 Å². The van der Waals surface area contributed by atoms with Gasteiger partial charge >= 0.3 is 0 Å². The van der Waals surface area contributed by atoms with Crippen molar-refractivity contribution in [3.05, 3.63) is 0 Å². The van der Waals surface area contributed by atoms with Crippen LogP contribution in [0.4, 0.5) is 0 Å². The van der Waals surface area contributed by atoms with Gasteiger partial charge in [0.2, 0.25) is 11.8 Å². The van der Waals surface area contributed by atoms with Gasteiger partial charge in [-0.25, -0.2) is 0 Å². The number of primary amides is 1. The topological polar surface area (TPSA) is 81.4 Å². The monoisotopic (exact) mass is 200 g/mol. The Kier molecular flexibility index (Phi) is 3.88. The minimum Gasteiger partial charge on any atom is -0.381 e. The first-order valence-corrected chi connectivity index (χ1v) is 4.78. The number of nitrogens with one attached hydrogen (secondary N) is 1. The first kappa shape index (κ1) is 11.0. The summed E-state index contributed by atoms with van der Waals surface area (Å²) in [5.74, 6) is -0.795. The maximum Gasteiger partial charge on any atom is 0.239 e. The van der Waals surface area contributed by atoms with Gasteiger partial charge in [0.1, 0.15) is 6.04 Å². The van der Waals surface area contributed by atoms with Gasteiger partial charge in [0.25, 0.3) is 0 Å². The molecule has 0 spiro atoms. The van der Waals surface area contributed by atoms with Crippen LogP contribution in [0, 0.1) is 5.92 Å². The van der Waals surface area contributed by atoms with Gasteiger partial charge in [-0.1, -0.05) is 0 Å². The second-order valence-corrected chi connectivity index (χ2v) is 3.55. The Morgan fingerprint density at radius 1 is 1.57 bits per heavy atom. The molecule has 1 rings (SSSR count). The smallest absolute Gasteiger partial charge is 0.239 e. The van der Waals surface area contributed by atoms with Gasteiger partial charge in [0.15, 0.2) is 0 Å². The molecule has 2 amide bonds. The average Bonchev–Trinajstić information content (AvgIpc) is 2.19. The Morgan fingerprint density at radius 3 is 2.79 bits per heavy atom. The molecule has 1 fully saturated rings. The molecule has 0 aromatic rings. The summed E-state index contributed by atoms with van der Waals surface area (Å²) in [6, 6.07) is -0.607. The van der Waals surface area contributed by atoms with Crippen LogP contribution in [0.5, 0.6) is 0 Å². The van der Waals surface area contributed by atoms with Crippen LogP contribution in [0.1, 0.15) is 19.8 Å². The number of hydrogen-bond acceptors (Lipinski definition) is 3. The first-order chi connectivity index (χ1) is 6.61. The molecule has 0 aromatic carbocycles. The standard InChI is InChI=1S/C9H16N2O3/c1-6(8(10)12)11-9(13)7-3-2-4-14-5-7/h6-7H,2-5H2,1H3,(H2,10,12)(H,11,13)/t6-,7?/m1/s1. The molecule has 1 aliphatic rings. The zero-order valence-corrected chi connectivity index (χ0v) is 8.29. The number of rotatable bonds is 3. The normalized spacial score (nSPS) is 23.9. The van der Waals surface area contributed by atoms with E-state index < -0.39 is 11.9 Å². The third-order valence-electron chi connectivity index (χ3n) is 2.32. The van der Waals surface area contributed by atoms with E-state index in [1.165, 1.54) is 0 Å². The zero-order valence-electron chi connectivity index (χ0n) is 8.29. The Morgan fingerprint density at radius 2 is 2.29 bits per heavy atom. The summed E-state index contributed by atoms with van der Waals surface area (Å²) in [6.45, 7) is 2.73. The van der Waals surface area contributed by atoms with Crippen molar-refractivity contribution in [2.45, 2.75) is 25.8 Å². The molecule has 1 unspecified atom stereocenters. The lowest BCUT2D eigenvalue weighted by Crippen LogP contribution is -2.46. The minimum atomic E-state index is -0.607. The van der Waals surface area contributed by atoms with Crippen LogP contribution in [-0.2, 0) is 14.3 Å². The van der Waals surface area contributed by atoms with Crippen LogP contribution in [0.15, 0.2) is 0 Å². The lowest BCUT2D eigenvalue weighted by molar-refractivity contribution is -0.132. The molecule has 0 bridgehead atoms. The molecule has 0 aromatic heterocycles. The molecule has 14 heavy (non-hydrogen) atoms. The van der Waals surface area contributed by atoms with Gasteiger partial charge in [0, 0.05) is 6.61 Å². The van der Waals surface area contributed by atoms with E-state index in [1.54, 1.807) is 6.92 Å². The van der Waals surface area contributed by atoms with E-state index in [4.69, 9.17) is 10.5 Å². The summed E-state index contributed by atoms with van der Waals surface area (Å²) in [6.07, 6.45) is 1.71. The molecule has 1 saturated heterocycles. The molecule has 5 nitrogen and oxygen atoms in total. The highest BCUT2D eigenvalue weighted by molar-refractivity contribution is 5.87. The number of carbonyl (C=O) groups excluding carboxylic acids is 2. The van der Waals surface area contributed by atoms with Gasteiger partial charge in [-0.3, -0.25) is 9.59 Å². The molecule has 2 atom stereocenters. The molecular formula is C9H16N2O3. The third-order valence-corrected chi connectivity index (χ3v) is 2.32. The van der Waals surface area contributed by atoms with Gasteiger partial charge in [0.05, 0.1) is 12.5 Å². The van der Waals surface area contributed by atoms with E-state index in [9.17, 15) is 9.59 Å². The van der Waals surface area contributed by atoms with Crippen molar-refractivity contribution in [1.29, 1.82) is 0 Å².